The van der Waals surface area contributed by atoms with E-state index in [0.29, 0.717) is 43.1 Å². The van der Waals surface area contributed by atoms with E-state index in [4.69, 9.17) is 16.3 Å². The zero-order chi connectivity index (χ0) is 30.1. The molecule has 6 nitrogen and oxygen atoms in total. The Balaban J connectivity index is 1.27. The lowest BCUT2D eigenvalue weighted by Crippen LogP contribution is -2.61. The van der Waals surface area contributed by atoms with Gasteiger partial charge in [-0.2, -0.15) is 0 Å². The van der Waals surface area contributed by atoms with Crippen molar-refractivity contribution >= 4 is 29.0 Å². The fraction of sp³-hybridized carbons (Fsp3) is 0.353. The van der Waals surface area contributed by atoms with Crippen LogP contribution in [0.3, 0.4) is 0 Å². The summed E-state index contributed by atoms with van der Waals surface area (Å²) in [7, 11) is 0. The van der Waals surface area contributed by atoms with Gasteiger partial charge in [0.05, 0.1) is 12.6 Å². The summed E-state index contributed by atoms with van der Waals surface area (Å²) in [6.07, 6.45) is 3.03. The number of nitrogens with zero attached hydrogens (tertiary/aromatic N) is 2. The molecule has 2 bridgehead atoms. The van der Waals surface area contributed by atoms with Crippen LogP contribution in [0.1, 0.15) is 42.9 Å². The second-order valence-corrected chi connectivity index (χ2v) is 12.0. The van der Waals surface area contributed by atoms with E-state index >= 15 is 0 Å². The summed E-state index contributed by atoms with van der Waals surface area (Å²) in [6.45, 7) is 3.23. The van der Waals surface area contributed by atoms with E-state index in [-0.39, 0.29) is 42.3 Å². The van der Waals surface area contributed by atoms with E-state index in [1.54, 1.807) is 6.92 Å². The van der Waals surface area contributed by atoms with Crippen molar-refractivity contribution in [1.82, 2.24) is 15.1 Å². The van der Waals surface area contributed by atoms with Gasteiger partial charge in [-0.15, -0.1) is 0 Å². The van der Waals surface area contributed by atoms with E-state index in [1.165, 1.54) is 0 Å². The zero-order valence-electron chi connectivity index (χ0n) is 24.0. The van der Waals surface area contributed by atoms with Gasteiger partial charge in [-0.25, -0.2) is 8.78 Å². The van der Waals surface area contributed by atoms with Gasteiger partial charge < -0.3 is 19.9 Å². The molecule has 2 atom stereocenters. The van der Waals surface area contributed by atoms with Crippen LogP contribution in [0.4, 0.5) is 8.78 Å². The first-order valence-electron chi connectivity index (χ1n) is 14.7. The molecule has 2 aliphatic heterocycles. The number of nitrogens with one attached hydrogen (secondary N) is 1. The highest BCUT2D eigenvalue weighted by molar-refractivity contribution is 6.31. The Kier molecular flexibility index (Phi) is 8.50. The molecule has 0 spiro atoms. The van der Waals surface area contributed by atoms with Gasteiger partial charge in [-0.3, -0.25) is 9.59 Å². The Hall–Kier alpha value is -3.75. The first-order chi connectivity index (χ1) is 20.8. The Morgan fingerprint density at radius 1 is 1.05 bits per heavy atom. The number of rotatable bonds is 9. The largest absolute Gasteiger partial charge is 0.490 e. The number of hydrogen-bond donors (Lipinski definition) is 1. The number of amides is 2. The molecule has 3 aromatic rings. The summed E-state index contributed by atoms with van der Waals surface area (Å²) in [6, 6.07) is 18.7. The van der Waals surface area contributed by atoms with Gasteiger partial charge in [0.25, 0.3) is 5.91 Å². The van der Waals surface area contributed by atoms with Crippen molar-refractivity contribution in [2.45, 2.75) is 57.3 Å². The normalized spacial score (nSPS) is 19.8. The maximum atomic E-state index is 14.5. The van der Waals surface area contributed by atoms with E-state index in [9.17, 15) is 18.4 Å². The van der Waals surface area contributed by atoms with E-state index in [1.807, 2.05) is 58.3 Å². The lowest BCUT2D eigenvalue weighted by atomic mass is 9.82. The minimum absolute atomic E-state index is 0.00607. The van der Waals surface area contributed by atoms with Crippen molar-refractivity contribution in [2.24, 2.45) is 0 Å². The summed E-state index contributed by atoms with van der Waals surface area (Å²) < 4.78 is 32.9. The highest BCUT2D eigenvalue weighted by Crippen LogP contribution is 2.38. The second kappa shape index (κ2) is 12.5. The second-order valence-electron chi connectivity index (χ2n) is 11.6. The third-order valence-electron chi connectivity index (χ3n) is 8.47. The molecule has 2 fully saturated rings. The van der Waals surface area contributed by atoms with Crippen LogP contribution in [0.2, 0.25) is 5.02 Å². The van der Waals surface area contributed by atoms with Gasteiger partial charge >= 0.3 is 0 Å². The Morgan fingerprint density at radius 3 is 2.53 bits per heavy atom. The number of benzene rings is 3. The first-order valence-corrected chi connectivity index (χ1v) is 15.1. The molecule has 2 heterocycles. The summed E-state index contributed by atoms with van der Waals surface area (Å²) in [5.74, 6) is -1.28. The highest BCUT2D eigenvalue weighted by atomic mass is 35.5. The van der Waals surface area contributed by atoms with Crippen LogP contribution in [-0.4, -0.2) is 59.4 Å². The molecule has 0 unspecified atom stereocenters. The molecular weight excluding hydrogens is 572 g/mol. The topological polar surface area (TPSA) is 61.9 Å². The molecule has 1 aliphatic carbocycles. The van der Waals surface area contributed by atoms with Crippen molar-refractivity contribution in [3.05, 3.63) is 106 Å². The zero-order valence-corrected chi connectivity index (χ0v) is 24.7. The van der Waals surface area contributed by atoms with Crippen LogP contribution in [0.5, 0.6) is 5.75 Å². The molecule has 0 radical (unpaired) electrons. The number of carbonyl (C=O) groups excluding carboxylic acids is 2. The van der Waals surface area contributed by atoms with Gasteiger partial charge in [0, 0.05) is 61.7 Å². The summed E-state index contributed by atoms with van der Waals surface area (Å²) in [5, 5.41) is 4.26. The van der Waals surface area contributed by atoms with E-state index in [2.05, 4.69) is 5.32 Å². The van der Waals surface area contributed by atoms with E-state index in [0.717, 1.165) is 53.3 Å². The van der Waals surface area contributed by atoms with Crippen LogP contribution in [0.25, 0.3) is 5.57 Å². The fourth-order valence-corrected chi connectivity index (χ4v) is 6.28. The minimum atomic E-state index is -0.601. The third-order valence-corrected chi connectivity index (χ3v) is 8.84. The lowest BCUT2D eigenvalue weighted by Gasteiger charge is -2.44. The molecule has 1 N–H and O–H groups in total. The Bertz CT molecular complexity index is 1560. The average molecular weight is 606 g/mol. The van der Waals surface area contributed by atoms with Crippen molar-refractivity contribution in [2.75, 3.05) is 19.7 Å². The number of hydrogen-bond acceptors (Lipinski definition) is 4. The predicted molar refractivity (Wildman–Crippen MR) is 162 cm³/mol. The van der Waals surface area contributed by atoms with E-state index < -0.39 is 11.6 Å². The van der Waals surface area contributed by atoms with Crippen LogP contribution < -0.4 is 10.1 Å². The fourth-order valence-electron chi connectivity index (χ4n) is 6.08. The molecule has 43 heavy (non-hydrogen) atoms. The quantitative estimate of drug-likeness (QED) is 0.336. The molecule has 1 saturated carbocycles. The highest BCUT2D eigenvalue weighted by Gasteiger charge is 2.43. The molecule has 3 aromatic carbocycles. The van der Waals surface area contributed by atoms with Gasteiger partial charge in [-0.1, -0.05) is 54.1 Å². The van der Waals surface area contributed by atoms with Gasteiger partial charge in [0.15, 0.2) is 11.6 Å². The Morgan fingerprint density at radius 2 is 1.81 bits per heavy atom. The van der Waals surface area contributed by atoms with Crippen molar-refractivity contribution in [3.63, 3.8) is 0 Å². The van der Waals surface area contributed by atoms with Crippen LogP contribution >= 0.6 is 11.6 Å². The number of piperazine rings is 1. The maximum Gasteiger partial charge on any atom is 0.252 e. The Labute approximate surface area is 255 Å². The minimum Gasteiger partial charge on any atom is -0.490 e. The smallest absolute Gasteiger partial charge is 0.252 e. The molecule has 1 saturated heterocycles. The molecule has 2 amide bonds. The van der Waals surface area contributed by atoms with Crippen molar-refractivity contribution < 1.29 is 23.1 Å². The molecule has 9 heteroatoms. The standard InChI is InChI=1S/C34H34ClF2N3O3/c1-21(41)39-19-26-17-28(23-8-6-22(7-9-23)14-15-43-32-16-25(36)10-13-30(32)37)33(31(20-39)38-26)34(42)40(27-11-12-27)18-24-4-2-3-5-29(24)35/h2-10,13,16,26-27,31,38H,11-12,14-15,17-20H2,1H3/t26-,31-/m1/s1. The SMILES string of the molecule is CC(=O)N1C[C@H]2CC(c3ccc(CCOc4cc(F)ccc4F)cc3)=C(C(=O)N(Cc3ccccc3Cl)C3CC3)[C@@H](C1)N2. The van der Waals surface area contributed by atoms with Crippen LogP contribution in [-0.2, 0) is 22.6 Å². The summed E-state index contributed by atoms with van der Waals surface area (Å²) in [5.41, 5.74) is 4.55. The van der Waals surface area contributed by atoms with Crippen molar-refractivity contribution in [3.8, 4) is 5.75 Å². The molecule has 0 aromatic heterocycles. The maximum absolute atomic E-state index is 14.5. The van der Waals surface area contributed by atoms with Crippen LogP contribution in [0.15, 0.2) is 72.3 Å². The molecule has 224 valence electrons. The molecular formula is C34H34ClF2N3O3. The number of halogens is 3. The third kappa shape index (κ3) is 6.60. The lowest BCUT2D eigenvalue weighted by molar-refractivity contribution is -0.132. The van der Waals surface area contributed by atoms with Crippen molar-refractivity contribution in [1.29, 1.82) is 0 Å². The summed E-state index contributed by atoms with van der Waals surface area (Å²) in [4.78, 5) is 30.6. The van der Waals surface area contributed by atoms with Gasteiger partial charge in [-0.05, 0) is 59.7 Å². The summed E-state index contributed by atoms with van der Waals surface area (Å²) >= 11 is 6.50. The first kappa shape index (κ1) is 29.3. The van der Waals surface area contributed by atoms with Gasteiger partial charge in [0.1, 0.15) is 5.82 Å². The molecule has 3 aliphatic rings. The average Bonchev–Trinajstić information content (AvgIpc) is 3.83. The molecule has 6 rings (SSSR count). The number of carbonyl (C=O) groups is 2. The van der Waals surface area contributed by atoms with Gasteiger partial charge in [0.2, 0.25) is 5.91 Å². The van der Waals surface area contributed by atoms with Crippen LogP contribution in [0, 0.1) is 11.6 Å². The number of ether oxygens (including phenoxy) is 1. The monoisotopic (exact) mass is 605 g/mol. The number of fused-ring (bicyclic) bond motifs is 2. The predicted octanol–water partition coefficient (Wildman–Crippen LogP) is 5.78.